The molecule has 0 amide bonds. The summed E-state index contributed by atoms with van der Waals surface area (Å²) in [5.74, 6) is -0.530. The molecule has 0 aliphatic rings. The van der Waals surface area contributed by atoms with Crippen molar-refractivity contribution in [1.82, 2.24) is 0 Å². The highest BCUT2D eigenvalue weighted by molar-refractivity contribution is 5.42. The topological polar surface area (TPSA) is 35.2 Å². The monoisotopic (exact) mass is 269 g/mol. The highest BCUT2D eigenvalue weighted by Crippen LogP contribution is 2.38. The Morgan fingerprint density at radius 1 is 1.22 bits per heavy atom. The molecule has 0 aliphatic heterocycles. The summed E-state index contributed by atoms with van der Waals surface area (Å²) < 4.78 is 67.6. The van der Waals surface area contributed by atoms with Crippen LogP contribution in [0.1, 0.15) is 18.1 Å². The number of rotatable bonds is 3. The van der Waals surface area contributed by atoms with Crippen molar-refractivity contribution in [3.63, 3.8) is 0 Å². The van der Waals surface area contributed by atoms with Gasteiger partial charge < -0.3 is 10.5 Å². The van der Waals surface area contributed by atoms with Crippen molar-refractivity contribution in [2.75, 3.05) is 7.11 Å². The van der Waals surface area contributed by atoms with Crippen LogP contribution in [0.2, 0.25) is 0 Å². The maximum atomic E-state index is 12.7. The highest BCUT2D eigenvalue weighted by atomic mass is 19.4. The molecule has 0 saturated heterocycles. The number of hydrogen-bond acceptors (Lipinski definition) is 2. The lowest BCUT2D eigenvalue weighted by atomic mass is 9.92. The minimum absolute atomic E-state index is 0.123. The fraction of sp³-hybridized carbons (Fsp3) is 0.455. The molecule has 0 fully saturated rings. The van der Waals surface area contributed by atoms with Gasteiger partial charge in [0.05, 0.1) is 18.2 Å². The number of alkyl halides is 5. The van der Waals surface area contributed by atoms with Gasteiger partial charge in [-0.1, -0.05) is 6.07 Å². The Labute approximate surface area is 101 Å². The molecule has 0 aliphatic carbocycles. The molecule has 2 nitrogen and oxygen atoms in total. The summed E-state index contributed by atoms with van der Waals surface area (Å²) in [6.45, 7) is 1.04. The first-order valence-electron chi connectivity index (χ1n) is 4.93. The largest absolute Gasteiger partial charge is 0.496 e. The maximum Gasteiger partial charge on any atom is 0.419 e. The van der Waals surface area contributed by atoms with E-state index in [1.54, 1.807) is 0 Å². The second-order valence-corrected chi connectivity index (χ2v) is 4.00. The Morgan fingerprint density at radius 2 is 1.78 bits per heavy atom. The van der Waals surface area contributed by atoms with Crippen LogP contribution in [0.4, 0.5) is 22.0 Å². The zero-order valence-electron chi connectivity index (χ0n) is 9.68. The van der Waals surface area contributed by atoms with Crippen molar-refractivity contribution in [2.24, 2.45) is 5.73 Å². The predicted molar refractivity (Wildman–Crippen MR) is 55.5 cm³/mol. The minimum Gasteiger partial charge on any atom is -0.496 e. The molecular weight excluding hydrogens is 257 g/mol. The summed E-state index contributed by atoms with van der Waals surface area (Å²) in [5.41, 5.74) is 2.19. The third kappa shape index (κ3) is 2.72. The van der Waals surface area contributed by atoms with Crippen LogP contribution in [0.5, 0.6) is 5.75 Å². The van der Waals surface area contributed by atoms with E-state index in [4.69, 9.17) is 5.73 Å². The van der Waals surface area contributed by atoms with Crippen molar-refractivity contribution in [1.29, 1.82) is 0 Å². The Bertz CT molecular complexity index is 428. The average molecular weight is 269 g/mol. The Morgan fingerprint density at radius 3 is 2.17 bits per heavy atom. The normalized spacial score (nSPS) is 15.6. The molecule has 2 N–H and O–H groups in total. The molecule has 0 spiro atoms. The second kappa shape index (κ2) is 4.72. The van der Waals surface area contributed by atoms with E-state index in [1.807, 2.05) is 0 Å². The van der Waals surface area contributed by atoms with Crippen molar-refractivity contribution in [3.8, 4) is 5.75 Å². The molecule has 1 rings (SSSR count). The predicted octanol–water partition coefficient (Wildman–Crippen LogP) is 3.15. The molecule has 0 saturated carbocycles. The zero-order chi connectivity index (χ0) is 14.1. The first kappa shape index (κ1) is 14.7. The summed E-state index contributed by atoms with van der Waals surface area (Å²) in [7, 11) is 1.03. The number of nitrogens with two attached hydrogens (primary N) is 1. The SMILES string of the molecule is COc1cc(C(C)(N)C(F)F)ccc1C(F)(F)F. The molecule has 0 radical (unpaired) electrons. The molecule has 1 aromatic carbocycles. The average Bonchev–Trinajstić information content (AvgIpc) is 2.26. The lowest BCUT2D eigenvalue weighted by molar-refractivity contribution is -0.138. The quantitative estimate of drug-likeness (QED) is 0.855. The minimum atomic E-state index is -4.61. The number of ether oxygens (including phenoxy) is 1. The van der Waals surface area contributed by atoms with Gasteiger partial charge in [0.2, 0.25) is 0 Å². The summed E-state index contributed by atoms with van der Waals surface area (Å²) in [6, 6.07) is 2.49. The van der Waals surface area contributed by atoms with Gasteiger partial charge in [0.25, 0.3) is 6.43 Å². The number of methoxy groups -OCH3 is 1. The number of halogens is 5. The molecular formula is C11H12F5NO. The van der Waals surface area contributed by atoms with Gasteiger partial charge in [-0.2, -0.15) is 13.2 Å². The first-order valence-corrected chi connectivity index (χ1v) is 4.93. The van der Waals surface area contributed by atoms with Crippen LogP contribution in [-0.2, 0) is 11.7 Å². The van der Waals surface area contributed by atoms with E-state index in [0.29, 0.717) is 6.07 Å². The summed E-state index contributed by atoms with van der Waals surface area (Å²) in [6.07, 6.45) is -7.52. The molecule has 102 valence electrons. The van der Waals surface area contributed by atoms with Gasteiger partial charge in [-0.25, -0.2) is 8.78 Å². The smallest absolute Gasteiger partial charge is 0.419 e. The van der Waals surface area contributed by atoms with Gasteiger partial charge in [-0.15, -0.1) is 0 Å². The van der Waals surface area contributed by atoms with Crippen LogP contribution in [-0.4, -0.2) is 13.5 Å². The van der Waals surface area contributed by atoms with E-state index in [-0.39, 0.29) is 5.56 Å². The van der Waals surface area contributed by atoms with Crippen molar-refractivity contribution >= 4 is 0 Å². The molecule has 0 aromatic heterocycles. The van der Waals surface area contributed by atoms with Crippen LogP contribution in [0.3, 0.4) is 0 Å². The van der Waals surface area contributed by atoms with Crippen molar-refractivity contribution in [3.05, 3.63) is 29.3 Å². The second-order valence-electron chi connectivity index (χ2n) is 4.00. The van der Waals surface area contributed by atoms with Crippen LogP contribution >= 0.6 is 0 Å². The standard InChI is InChI=1S/C11H12F5NO/c1-10(17,9(12)13)6-3-4-7(11(14,15)16)8(5-6)18-2/h3-5,9H,17H2,1-2H3. The van der Waals surface area contributed by atoms with Crippen LogP contribution < -0.4 is 10.5 Å². The van der Waals surface area contributed by atoms with Crippen molar-refractivity contribution in [2.45, 2.75) is 25.1 Å². The van der Waals surface area contributed by atoms with E-state index in [1.165, 1.54) is 0 Å². The third-order valence-corrected chi connectivity index (χ3v) is 2.58. The van der Waals surface area contributed by atoms with Gasteiger partial charge in [0.15, 0.2) is 0 Å². The van der Waals surface area contributed by atoms with Gasteiger partial charge in [-0.05, 0) is 24.6 Å². The van der Waals surface area contributed by atoms with Crippen LogP contribution in [0, 0.1) is 0 Å². The molecule has 18 heavy (non-hydrogen) atoms. The fourth-order valence-electron chi connectivity index (χ4n) is 1.39. The Hall–Kier alpha value is -1.37. The lowest BCUT2D eigenvalue weighted by Crippen LogP contribution is -2.40. The Balaban J connectivity index is 3.31. The van der Waals surface area contributed by atoms with E-state index in [2.05, 4.69) is 4.74 Å². The van der Waals surface area contributed by atoms with E-state index in [0.717, 1.165) is 26.2 Å². The van der Waals surface area contributed by atoms with Gasteiger partial charge in [-0.3, -0.25) is 0 Å². The molecule has 1 atom stereocenters. The number of benzene rings is 1. The molecule has 7 heteroatoms. The number of hydrogen-bond donors (Lipinski definition) is 1. The van der Waals surface area contributed by atoms with Gasteiger partial charge in [0.1, 0.15) is 5.75 Å². The molecule has 0 bridgehead atoms. The summed E-state index contributed by atoms with van der Waals surface area (Å²) in [5, 5.41) is 0. The molecule has 1 aromatic rings. The fourth-order valence-corrected chi connectivity index (χ4v) is 1.39. The van der Waals surface area contributed by atoms with E-state index in [9.17, 15) is 22.0 Å². The van der Waals surface area contributed by atoms with Crippen LogP contribution in [0.15, 0.2) is 18.2 Å². The van der Waals surface area contributed by atoms with Gasteiger partial charge in [0, 0.05) is 0 Å². The summed E-state index contributed by atoms with van der Waals surface area (Å²) >= 11 is 0. The van der Waals surface area contributed by atoms with E-state index >= 15 is 0 Å². The van der Waals surface area contributed by atoms with Crippen molar-refractivity contribution < 1.29 is 26.7 Å². The highest BCUT2D eigenvalue weighted by Gasteiger charge is 2.37. The lowest BCUT2D eigenvalue weighted by Gasteiger charge is -2.25. The maximum absolute atomic E-state index is 12.7. The first-order chi connectivity index (χ1) is 8.10. The zero-order valence-corrected chi connectivity index (χ0v) is 9.68. The summed E-state index contributed by atoms with van der Waals surface area (Å²) in [4.78, 5) is 0. The third-order valence-electron chi connectivity index (χ3n) is 2.58. The Kier molecular flexibility index (Phi) is 3.85. The molecule has 0 heterocycles. The van der Waals surface area contributed by atoms with E-state index < -0.39 is 29.5 Å². The van der Waals surface area contributed by atoms with Crippen LogP contribution in [0.25, 0.3) is 0 Å². The van der Waals surface area contributed by atoms with Gasteiger partial charge >= 0.3 is 6.18 Å². The molecule has 1 unspecified atom stereocenters.